The molecule has 8 heteroatoms. The molecule has 2 rings (SSSR count). The monoisotopic (exact) mass is 283 g/mol. The second kappa shape index (κ2) is 5.55. The smallest absolute Gasteiger partial charge is 0.305 e. The van der Waals surface area contributed by atoms with Gasteiger partial charge in [-0.2, -0.15) is 8.78 Å². The molecule has 0 radical (unpaired) electrons. The SMILES string of the molecule is O=[N+]([O-])c1cc(CNc2cccc(F)n2)c(F)cc1F. The Morgan fingerprint density at radius 3 is 2.60 bits per heavy atom. The molecule has 1 aromatic carbocycles. The summed E-state index contributed by atoms with van der Waals surface area (Å²) in [4.78, 5) is 13.1. The molecular weight excluding hydrogens is 275 g/mol. The molecule has 2 aromatic rings. The molecule has 1 N–H and O–H groups in total. The lowest BCUT2D eigenvalue weighted by atomic mass is 10.1. The summed E-state index contributed by atoms with van der Waals surface area (Å²) in [6, 6.07) is 5.20. The lowest BCUT2D eigenvalue weighted by molar-refractivity contribution is -0.387. The highest BCUT2D eigenvalue weighted by Gasteiger charge is 2.18. The highest BCUT2D eigenvalue weighted by Crippen LogP contribution is 2.22. The maximum atomic E-state index is 13.5. The number of benzene rings is 1. The van der Waals surface area contributed by atoms with Crippen molar-refractivity contribution in [2.45, 2.75) is 6.54 Å². The van der Waals surface area contributed by atoms with E-state index in [0.717, 1.165) is 12.1 Å². The van der Waals surface area contributed by atoms with Gasteiger partial charge < -0.3 is 5.32 Å². The number of anilines is 1. The number of hydrogen-bond acceptors (Lipinski definition) is 4. The molecule has 0 saturated carbocycles. The van der Waals surface area contributed by atoms with Crippen molar-refractivity contribution in [3.8, 4) is 0 Å². The van der Waals surface area contributed by atoms with Gasteiger partial charge in [-0.05, 0) is 12.1 Å². The third kappa shape index (κ3) is 3.02. The van der Waals surface area contributed by atoms with E-state index in [-0.39, 0.29) is 17.9 Å². The Morgan fingerprint density at radius 1 is 1.20 bits per heavy atom. The number of halogens is 3. The van der Waals surface area contributed by atoms with Gasteiger partial charge in [0.15, 0.2) is 0 Å². The predicted molar refractivity (Wildman–Crippen MR) is 64.5 cm³/mol. The van der Waals surface area contributed by atoms with Gasteiger partial charge in [-0.1, -0.05) is 6.07 Å². The molecule has 104 valence electrons. The molecule has 0 aliphatic heterocycles. The second-order valence-corrected chi connectivity index (χ2v) is 3.85. The first-order chi connectivity index (χ1) is 9.47. The van der Waals surface area contributed by atoms with Gasteiger partial charge in [-0.3, -0.25) is 10.1 Å². The van der Waals surface area contributed by atoms with Gasteiger partial charge in [0.1, 0.15) is 11.6 Å². The van der Waals surface area contributed by atoms with Gasteiger partial charge in [0, 0.05) is 24.2 Å². The fraction of sp³-hybridized carbons (Fsp3) is 0.0833. The molecule has 0 atom stereocenters. The molecule has 0 saturated heterocycles. The molecule has 0 amide bonds. The van der Waals surface area contributed by atoms with Gasteiger partial charge >= 0.3 is 5.69 Å². The summed E-state index contributed by atoms with van der Waals surface area (Å²) < 4.78 is 39.4. The average Bonchev–Trinajstić information content (AvgIpc) is 2.37. The third-order valence-corrected chi connectivity index (χ3v) is 2.49. The van der Waals surface area contributed by atoms with Crippen LogP contribution in [0.25, 0.3) is 0 Å². The van der Waals surface area contributed by atoms with Crippen molar-refractivity contribution in [3.05, 3.63) is 63.6 Å². The van der Waals surface area contributed by atoms with E-state index in [1.807, 2.05) is 0 Å². The average molecular weight is 283 g/mol. The Morgan fingerprint density at radius 2 is 1.95 bits per heavy atom. The Bertz CT molecular complexity index is 664. The fourth-order valence-electron chi connectivity index (χ4n) is 1.55. The first-order valence-electron chi connectivity index (χ1n) is 5.46. The first kappa shape index (κ1) is 13.8. The molecule has 0 aliphatic carbocycles. The Labute approximate surface area is 111 Å². The maximum absolute atomic E-state index is 13.5. The summed E-state index contributed by atoms with van der Waals surface area (Å²) in [5.41, 5.74) is -0.945. The van der Waals surface area contributed by atoms with Crippen molar-refractivity contribution in [2.75, 3.05) is 5.32 Å². The molecule has 0 spiro atoms. The predicted octanol–water partition coefficient (Wildman–Crippen LogP) is 3.02. The molecule has 0 fully saturated rings. The minimum absolute atomic E-state index is 0.121. The normalized spacial score (nSPS) is 10.3. The van der Waals surface area contributed by atoms with Crippen LogP contribution in [0.1, 0.15) is 5.56 Å². The minimum atomic E-state index is -1.25. The molecule has 5 nitrogen and oxygen atoms in total. The standard InChI is InChI=1S/C12H8F3N3O2/c13-8-5-9(14)10(18(19)20)4-7(8)6-16-12-3-1-2-11(15)17-12/h1-5H,6H2,(H,16,17). The van der Waals surface area contributed by atoms with Crippen LogP contribution in [-0.2, 0) is 6.54 Å². The van der Waals surface area contributed by atoms with Crippen LogP contribution in [0.5, 0.6) is 0 Å². The second-order valence-electron chi connectivity index (χ2n) is 3.85. The van der Waals surface area contributed by atoms with E-state index in [1.54, 1.807) is 0 Å². The summed E-state index contributed by atoms with van der Waals surface area (Å²) in [5.74, 6) is -2.77. The van der Waals surface area contributed by atoms with Crippen molar-refractivity contribution < 1.29 is 18.1 Å². The molecule has 1 aromatic heterocycles. The summed E-state index contributed by atoms with van der Waals surface area (Å²) in [6.45, 7) is -0.191. The minimum Gasteiger partial charge on any atom is -0.366 e. The largest absolute Gasteiger partial charge is 0.366 e. The topological polar surface area (TPSA) is 68.1 Å². The van der Waals surface area contributed by atoms with E-state index in [4.69, 9.17) is 0 Å². The zero-order chi connectivity index (χ0) is 14.7. The summed E-state index contributed by atoms with van der Waals surface area (Å²) in [6.07, 6.45) is 0. The van der Waals surface area contributed by atoms with E-state index < -0.39 is 28.2 Å². The van der Waals surface area contributed by atoms with Crippen LogP contribution in [0.3, 0.4) is 0 Å². The van der Waals surface area contributed by atoms with E-state index in [1.165, 1.54) is 12.1 Å². The highest BCUT2D eigenvalue weighted by molar-refractivity contribution is 5.40. The lowest BCUT2D eigenvalue weighted by Gasteiger charge is -2.07. The molecule has 0 aliphatic rings. The van der Waals surface area contributed by atoms with Crippen LogP contribution in [-0.4, -0.2) is 9.91 Å². The maximum Gasteiger partial charge on any atom is 0.305 e. The third-order valence-electron chi connectivity index (χ3n) is 2.49. The van der Waals surface area contributed by atoms with Crippen molar-refractivity contribution in [1.29, 1.82) is 0 Å². The zero-order valence-corrected chi connectivity index (χ0v) is 9.94. The summed E-state index contributed by atoms with van der Waals surface area (Å²) in [7, 11) is 0. The van der Waals surface area contributed by atoms with Gasteiger partial charge in [-0.25, -0.2) is 9.37 Å². The van der Waals surface area contributed by atoms with Crippen LogP contribution >= 0.6 is 0 Å². The van der Waals surface area contributed by atoms with E-state index in [0.29, 0.717) is 6.07 Å². The number of hydrogen-bond donors (Lipinski definition) is 1. The van der Waals surface area contributed by atoms with E-state index in [2.05, 4.69) is 10.3 Å². The van der Waals surface area contributed by atoms with Crippen LogP contribution in [0, 0.1) is 27.7 Å². The number of pyridine rings is 1. The molecule has 0 bridgehead atoms. The number of rotatable bonds is 4. The van der Waals surface area contributed by atoms with Gasteiger partial charge in [-0.15, -0.1) is 0 Å². The number of nitro groups is 1. The molecule has 0 unspecified atom stereocenters. The van der Waals surface area contributed by atoms with Crippen LogP contribution < -0.4 is 5.32 Å². The van der Waals surface area contributed by atoms with Crippen LogP contribution in [0.4, 0.5) is 24.7 Å². The zero-order valence-electron chi connectivity index (χ0n) is 9.94. The van der Waals surface area contributed by atoms with E-state index in [9.17, 15) is 23.3 Å². The fourth-order valence-corrected chi connectivity index (χ4v) is 1.55. The number of nitrogens with one attached hydrogen (secondary N) is 1. The van der Waals surface area contributed by atoms with Crippen molar-refractivity contribution >= 4 is 11.5 Å². The molecule has 1 heterocycles. The number of nitrogens with zero attached hydrogens (tertiary/aromatic N) is 2. The Hall–Kier alpha value is -2.64. The number of nitro benzene ring substituents is 1. The van der Waals surface area contributed by atoms with Crippen molar-refractivity contribution in [1.82, 2.24) is 4.98 Å². The highest BCUT2D eigenvalue weighted by atomic mass is 19.1. The first-order valence-corrected chi connectivity index (χ1v) is 5.46. The summed E-state index contributed by atoms with van der Waals surface area (Å²) in [5, 5.41) is 13.2. The van der Waals surface area contributed by atoms with Gasteiger partial charge in [0.05, 0.1) is 4.92 Å². The van der Waals surface area contributed by atoms with Crippen molar-refractivity contribution in [2.24, 2.45) is 0 Å². The van der Waals surface area contributed by atoms with Crippen LogP contribution in [0.2, 0.25) is 0 Å². The van der Waals surface area contributed by atoms with Crippen molar-refractivity contribution in [3.63, 3.8) is 0 Å². The van der Waals surface area contributed by atoms with Gasteiger partial charge in [0.25, 0.3) is 0 Å². The van der Waals surface area contributed by atoms with Crippen LogP contribution in [0.15, 0.2) is 30.3 Å². The lowest BCUT2D eigenvalue weighted by Crippen LogP contribution is -2.06. The summed E-state index contributed by atoms with van der Waals surface area (Å²) >= 11 is 0. The Balaban J connectivity index is 2.21. The molecule has 20 heavy (non-hydrogen) atoms. The molecular formula is C12H8F3N3O2. The Kier molecular flexibility index (Phi) is 3.83. The quantitative estimate of drug-likeness (QED) is 0.532. The van der Waals surface area contributed by atoms with E-state index >= 15 is 0 Å². The number of aromatic nitrogens is 1. The van der Waals surface area contributed by atoms with Gasteiger partial charge in [0.2, 0.25) is 11.8 Å².